The van der Waals surface area contributed by atoms with Gasteiger partial charge < -0.3 is 10.6 Å². The van der Waals surface area contributed by atoms with E-state index in [-0.39, 0.29) is 13.9 Å². The van der Waals surface area contributed by atoms with Crippen molar-refractivity contribution in [1.29, 1.82) is 5.41 Å². The van der Waals surface area contributed by atoms with E-state index in [1.54, 1.807) is 0 Å². The van der Waals surface area contributed by atoms with E-state index in [9.17, 15) is 0 Å². The normalized spacial score (nSPS) is 10.1. The first-order valence-electron chi connectivity index (χ1n) is 4.31. The first-order chi connectivity index (χ1) is 6.93. The minimum Gasteiger partial charge on any atom is -0.369 e. The van der Waals surface area contributed by atoms with Crippen molar-refractivity contribution >= 4 is 18.1 Å². The summed E-state index contributed by atoms with van der Waals surface area (Å²) in [5.41, 5.74) is 8.40. The summed E-state index contributed by atoms with van der Waals surface area (Å²) in [6.45, 7) is 6.08. The Morgan fingerprint density at radius 1 is 1.80 bits per heavy atom. The fourth-order valence-corrected chi connectivity index (χ4v) is 0.792. The Bertz CT molecular complexity index is 221. The van der Waals surface area contributed by atoms with Crippen LogP contribution in [0.3, 0.4) is 0 Å². The topological polar surface area (TPSA) is 121 Å². The van der Waals surface area contributed by atoms with Gasteiger partial charge >= 0.3 is 6.47 Å². The van der Waals surface area contributed by atoms with E-state index in [0.717, 1.165) is 12.1 Å². The van der Waals surface area contributed by atoms with Crippen molar-refractivity contribution in [3.63, 3.8) is 0 Å². The van der Waals surface area contributed by atoms with Gasteiger partial charge in [0, 0.05) is 7.14 Å². The van der Waals surface area contributed by atoms with E-state index in [4.69, 9.17) is 21.2 Å². The van der Waals surface area contributed by atoms with Gasteiger partial charge in [0.05, 0.1) is 0 Å². The van der Waals surface area contributed by atoms with Crippen LogP contribution in [0.2, 0.25) is 0 Å². The summed E-state index contributed by atoms with van der Waals surface area (Å²) in [6, 6.07) is 0. The van der Waals surface area contributed by atoms with E-state index in [1.807, 2.05) is 6.92 Å². The van der Waals surface area contributed by atoms with E-state index < -0.39 is 0 Å². The highest BCUT2D eigenvalue weighted by Crippen LogP contribution is 1.99. The maximum atomic E-state index is 8.70. The molecule has 7 heteroatoms. The predicted molar refractivity (Wildman–Crippen MR) is 59.5 cm³/mol. The Hall–Kier alpha value is -1.63. The SMILES string of the molecule is C/C(CC(C)C)=N\NC(=N)N.O=COO.[HH]. The van der Waals surface area contributed by atoms with Crippen LogP contribution < -0.4 is 11.2 Å². The summed E-state index contributed by atoms with van der Waals surface area (Å²) in [5, 5.41) is 17.7. The lowest BCUT2D eigenvalue weighted by Crippen LogP contribution is -2.26. The summed E-state index contributed by atoms with van der Waals surface area (Å²) in [5.74, 6) is 0.473. The standard InChI is InChI=1S/C7H16N4.CH2O3.H2/c1-5(2)4-6(3)10-11-7(8)9;2-1-4-3;/h5H,4H2,1-3H3,(H4,8,9,11);1,3H;1H/b10-6+;;. The molecule has 0 heterocycles. The molecular weight excluding hydrogens is 200 g/mol. The third-order valence-electron chi connectivity index (χ3n) is 1.11. The van der Waals surface area contributed by atoms with Crippen LogP contribution in [0, 0.1) is 11.3 Å². The van der Waals surface area contributed by atoms with Crippen LogP contribution in [-0.2, 0) is 9.68 Å². The summed E-state index contributed by atoms with van der Waals surface area (Å²) in [6.07, 6.45) is 0.931. The van der Waals surface area contributed by atoms with Crippen LogP contribution in [0.1, 0.15) is 28.6 Å². The Morgan fingerprint density at radius 3 is 2.53 bits per heavy atom. The number of carbonyl (C=O) groups excluding carboxylic acids is 1. The van der Waals surface area contributed by atoms with Crippen LogP contribution >= 0.6 is 0 Å². The molecule has 0 amide bonds. The highest BCUT2D eigenvalue weighted by molar-refractivity contribution is 5.84. The summed E-state index contributed by atoms with van der Waals surface area (Å²) in [4.78, 5) is 11.6. The number of hydrogen-bond donors (Lipinski definition) is 4. The summed E-state index contributed by atoms with van der Waals surface area (Å²) >= 11 is 0. The molecule has 90 valence electrons. The van der Waals surface area contributed by atoms with E-state index in [2.05, 4.69) is 29.3 Å². The van der Waals surface area contributed by atoms with Gasteiger partial charge in [-0.1, -0.05) is 13.8 Å². The molecule has 0 bridgehead atoms. The van der Waals surface area contributed by atoms with Crippen LogP contribution in [0.4, 0.5) is 0 Å². The lowest BCUT2D eigenvalue weighted by molar-refractivity contribution is -0.217. The fraction of sp³-hybridized carbons (Fsp3) is 0.625. The Kier molecular flexibility index (Phi) is 11.0. The number of carbonyl (C=O) groups is 1. The van der Waals surface area contributed by atoms with Gasteiger partial charge in [0.2, 0.25) is 5.96 Å². The lowest BCUT2D eigenvalue weighted by atomic mass is 10.1. The van der Waals surface area contributed by atoms with Crippen molar-refractivity contribution in [2.24, 2.45) is 16.8 Å². The number of hydrogen-bond acceptors (Lipinski definition) is 5. The molecule has 0 saturated heterocycles. The predicted octanol–water partition coefficient (Wildman–Crippen LogP) is 0.770. The third kappa shape index (κ3) is 19.0. The van der Waals surface area contributed by atoms with Crippen LogP contribution in [0.15, 0.2) is 5.10 Å². The van der Waals surface area contributed by atoms with E-state index in [0.29, 0.717) is 5.92 Å². The third-order valence-corrected chi connectivity index (χ3v) is 1.11. The number of nitrogens with one attached hydrogen (secondary N) is 2. The molecule has 0 aromatic carbocycles. The van der Waals surface area contributed by atoms with E-state index >= 15 is 0 Å². The lowest BCUT2D eigenvalue weighted by Gasteiger charge is -2.03. The molecule has 0 radical (unpaired) electrons. The molecule has 0 aliphatic rings. The van der Waals surface area contributed by atoms with Crippen molar-refractivity contribution < 1.29 is 16.4 Å². The molecule has 0 aliphatic heterocycles. The van der Waals surface area contributed by atoms with Gasteiger partial charge in [0.15, 0.2) is 0 Å². The largest absolute Gasteiger partial charge is 0.369 e. The maximum absolute atomic E-state index is 8.70. The maximum Gasteiger partial charge on any atom is 0.330 e. The van der Waals surface area contributed by atoms with Crippen molar-refractivity contribution in [2.45, 2.75) is 27.2 Å². The monoisotopic (exact) mass is 220 g/mol. The van der Waals surface area contributed by atoms with Crippen molar-refractivity contribution in [1.82, 2.24) is 5.43 Å². The summed E-state index contributed by atoms with van der Waals surface area (Å²) < 4.78 is 0. The smallest absolute Gasteiger partial charge is 0.330 e. The number of hydrazone groups is 1. The van der Waals surface area contributed by atoms with Gasteiger partial charge in [-0.2, -0.15) is 5.10 Å². The van der Waals surface area contributed by atoms with Crippen molar-refractivity contribution in [2.75, 3.05) is 0 Å². The molecule has 0 rings (SSSR count). The second-order valence-electron chi connectivity index (χ2n) is 3.17. The molecule has 0 saturated carbocycles. The van der Waals surface area contributed by atoms with Gasteiger partial charge in [-0.3, -0.25) is 10.2 Å². The van der Waals surface area contributed by atoms with Crippen LogP contribution in [-0.4, -0.2) is 23.4 Å². The average molecular weight is 220 g/mol. The molecule has 0 atom stereocenters. The highest BCUT2D eigenvalue weighted by atomic mass is 17.1. The minimum absolute atomic E-state index is 0. The molecule has 0 unspecified atom stereocenters. The van der Waals surface area contributed by atoms with Gasteiger partial charge in [-0.25, -0.2) is 10.7 Å². The molecule has 7 nitrogen and oxygen atoms in total. The molecule has 0 aromatic rings. The zero-order valence-corrected chi connectivity index (χ0v) is 9.15. The number of nitrogens with zero attached hydrogens (tertiary/aromatic N) is 1. The fourth-order valence-electron chi connectivity index (χ4n) is 0.792. The highest BCUT2D eigenvalue weighted by Gasteiger charge is 1.96. The minimum atomic E-state index is -0.117. The second-order valence-corrected chi connectivity index (χ2v) is 3.17. The summed E-state index contributed by atoms with van der Waals surface area (Å²) in [7, 11) is 0. The quantitative estimate of drug-likeness (QED) is 0.183. The van der Waals surface area contributed by atoms with Crippen molar-refractivity contribution in [3.8, 4) is 0 Å². The molecular formula is C8H20N4O3. The first kappa shape index (κ1) is 15.8. The van der Waals surface area contributed by atoms with Gasteiger partial charge in [0.1, 0.15) is 0 Å². The molecule has 0 aromatic heterocycles. The van der Waals surface area contributed by atoms with Gasteiger partial charge in [-0.05, 0) is 19.3 Å². The van der Waals surface area contributed by atoms with Crippen molar-refractivity contribution in [3.05, 3.63) is 0 Å². The van der Waals surface area contributed by atoms with E-state index in [1.165, 1.54) is 0 Å². The molecule has 0 fully saturated rings. The first-order valence-corrected chi connectivity index (χ1v) is 4.31. The van der Waals surface area contributed by atoms with Gasteiger partial charge in [-0.15, -0.1) is 0 Å². The number of guanidine groups is 1. The molecule has 0 spiro atoms. The molecule has 5 N–H and O–H groups in total. The zero-order valence-electron chi connectivity index (χ0n) is 9.15. The van der Waals surface area contributed by atoms with Gasteiger partial charge in [0.25, 0.3) is 0 Å². The second kappa shape index (κ2) is 10.5. The average Bonchev–Trinajstić information content (AvgIpc) is 2.14. The Labute approximate surface area is 90.2 Å². The van der Waals surface area contributed by atoms with Crippen LogP contribution in [0.25, 0.3) is 0 Å². The Morgan fingerprint density at radius 2 is 2.27 bits per heavy atom. The van der Waals surface area contributed by atoms with Crippen LogP contribution in [0.5, 0.6) is 0 Å². The zero-order chi connectivity index (χ0) is 12.3. The molecule has 15 heavy (non-hydrogen) atoms. The number of nitrogens with two attached hydrogens (primary N) is 1. The molecule has 0 aliphatic carbocycles. The number of rotatable bonds is 4. The Balaban J connectivity index is -0.000000292.